The van der Waals surface area contributed by atoms with Crippen molar-refractivity contribution in [3.63, 3.8) is 0 Å². The van der Waals surface area contributed by atoms with E-state index < -0.39 is 0 Å². The van der Waals surface area contributed by atoms with Crippen molar-refractivity contribution in [2.24, 2.45) is 5.92 Å². The summed E-state index contributed by atoms with van der Waals surface area (Å²) >= 11 is 0. The number of hydrogen-bond acceptors (Lipinski definition) is 3. The second-order valence-corrected chi connectivity index (χ2v) is 4.90. The Labute approximate surface area is 110 Å². The molecule has 2 atom stereocenters. The number of likely N-dealkylation sites (N-methyl/N-ethyl adjacent to an activating group) is 1. The molecule has 0 spiro atoms. The summed E-state index contributed by atoms with van der Waals surface area (Å²) in [7, 11) is 3.64. The second-order valence-electron chi connectivity index (χ2n) is 4.90. The average Bonchev–Trinajstić information content (AvgIpc) is 2.39. The lowest BCUT2D eigenvalue weighted by Crippen LogP contribution is -2.26. The van der Waals surface area contributed by atoms with Crippen molar-refractivity contribution in [3.8, 4) is 5.75 Å². The van der Waals surface area contributed by atoms with Crippen LogP contribution in [0, 0.1) is 5.92 Å². The molecule has 18 heavy (non-hydrogen) atoms. The van der Waals surface area contributed by atoms with Gasteiger partial charge < -0.3 is 14.8 Å². The van der Waals surface area contributed by atoms with Crippen molar-refractivity contribution in [2.75, 3.05) is 20.8 Å². The van der Waals surface area contributed by atoms with Gasteiger partial charge in [-0.05, 0) is 37.6 Å². The third kappa shape index (κ3) is 4.31. The van der Waals surface area contributed by atoms with Gasteiger partial charge in [0.25, 0.3) is 0 Å². The topological polar surface area (TPSA) is 30.5 Å². The largest absolute Gasteiger partial charge is 0.497 e. The van der Waals surface area contributed by atoms with Crippen molar-refractivity contribution in [1.82, 2.24) is 5.32 Å². The molecule has 102 valence electrons. The number of methoxy groups -OCH3 is 1. The Hall–Kier alpha value is -1.06. The van der Waals surface area contributed by atoms with Crippen LogP contribution in [0.3, 0.4) is 0 Å². The molecule has 1 aromatic rings. The van der Waals surface area contributed by atoms with E-state index >= 15 is 0 Å². The van der Waals surface area contributed by atoms with Crippen LogP contribution in [-0.2, 0) is 4.74 Å². The van der Waals surface area contributed by atoms with Gasteiger partial charge >= 0.3 is 0 Å². The van der Waals surface area contributed by atoms with E-state index in [0.717, 1.165) is 5.75 Å². The number of benzene rings is 1. The molecular formula is C15H25NO2. The van der Waals surface area contributed by atoms with Crippen LogP contribution in [0.5, 0.6) is 5.75 Å². The number of ether oxygens (including phenoxy) is 2. The van der Waals surface area contributed by atoms with E-state index in [1.165, 1.54) is 5.56 Å². The summed E-state index contributed by atoms with van der Waals surface area (Å²) in [5, 5.41) is 3.28. The highest BCUT2D eigenvalue weighted by Crippen LogP contribution is 2.19. The second kappa shape index (κ2) is 7.39. The average molecular weight is 251 g/mol. The Bertz CT molecular complexity index is 335. The summed E-state index contributed by atoms with van der Waals surface area (Å²) in [6.45, 7) is 7.15. The molecule has 0 bridgehead atoms. The minimum atomic E-state index is 0.220. The fourth-order valence-corrected chi connectivity index (χ4v) is 1.62. The Balaban J connectivity index is 2.59. The molecule has 0 saturated heterocycles. The fraction of sp³-hybridized carbons (Fsp3) is 0.600. The summed E-state index contributed by atoms with van der Waals surface area (Å²) in [6, 6.07) is 8.32. The van der Waals surface area contributed by atoms with Crippen molar-refractivity contribution in [3.05, 3.63) is 29.8 Å². The van der Waals surface area contributed by atoms with Crippen LogP contribution >= 0.6 is 0 Å². The first-order chi connectivity index (χ1) is 8.58. The summed E-state index contributed by atoms with van der Waals surface area (Å²) in [5.74, 6) is 1.42. The van der Waals surface area contributed by atoms with Crippen LogP contribution < -0.4 is 10.1 Å². The lowest BCUT2D eigenvalue weighted by atomic mass is 10.1. The number of rotatable bonds is 7. The van der Waals surface area contributed by atoms with Gasteiger partial charge in [0.05, 0.1) is 25.9 Å². The lowest BCUT2D eigenvalue weighted by Gasteiger charge is -2.22. The van der Waals surface area contributed by atoms with Crippen LogP contribution in [0.15, 0.2) is 24.3 Å². The SMILES string of the molecule is CNC(COC(C)C(C)C)c1ccc(OC)cc1. The molecule has 0 aliphatic heterocycles. The molecule has 1 aromatic carbocycles. The van der Waals surface area contributed by atoms with Crippen LogP contribution in [0.2, 0.25) is 0 Å². The summed E-state index contributed by atoms with van der Waals surface area (Å²) < 4.78 is 11.0. The smallest absolute Gasteiger partial charge is 0.118 e. The zero-order valence-electron chi connectivity index (χ0n) is 12.1. The summed E-state index contributed by atoms with van der Waals surface area (Å²) in [5.41, 5.74) is 1.22. The monoisotopic (exact) mass is 251 g/mol. The van der Waals surface area contributed by atoms with Gasteiger partial charge in [-0.1, -0.05) is 26.0 Å². The predicted molar refractivity (Wildman–Crippen MR) is 75.0 cm³/mol. The molecule has 0 aliphatic rings. The first-order valence-electron chi connectivity index (χ1n) is 6.51. The van der Waals surface area contributed by atoms with Crippen molar-refractivity contribution in [1.29, 1.82) is 0 Å². The molecule has 0 amide bonds. The van der Waals surface area contributed by atoms with Gasteiger partial charge in [-0.3, -0.25) is 0 Å². The van der Waals surface area contributed by atoms with Crippen molar-refractivity contribution in [2.45, 2.75) is 32.9 Å². The summed E-state index contributed by atoms with van der Waals surface area (Å²) in [4.78, 5) is 0. The molecule has 0 aromatic heterocycles. The van der Waals surface area contributed by atoms with Gasteiger partial charge in [-0.2, -0.15) is 0 Å². The van der Waals surface area contributed by atoms with Gasteiger partial charge in [-0.25, -0.2) is 0 Å². The first-order valence-corrected chi connectivity index (χ1v) is 6.51. The fourth-order valence-electron chi connectivity index (χ4n) is 1.62. The first kappa shape index (κ1) is 15.0. The van der Waals surface area contributed by atoms with E-state index in [0.29, 0.717) is 12.5 Å². The Kier molecular flexibility index (Phi) is 6.16. The molecule has 0 radical (unpaired) electrons. The number of hydrogen-bond donors (Lipinski definition) is 1. The highest BCUT2D eigenvalue weighted by molar-refractivity contribution is 5.29. The third-order valence-corrected chi connectivity index (χ3v) is 3.33. The zero-order valence-corrected chi connectivity index (χ0v) is 12.1. The van der Waals surface area contributed by atoms with Crippen molar-refractivity contribution < 1.29 is 9.47 Å². The van der Waals surface area contributed by atoms with Gasteiger partial charge in [-0.15, -0.1) is 0 Å². The van der Waals surface area contributed by atoms with E-state index in [-0.39, 0.29) is 12.1 Å². The van der Waals surface area contributed by atoms with Gasteiger partial charge in [0, 0.05) is 0 Å². The molecule has 0 fully saturated rings. The Morgan fingerprint density at radius 3 is 2.17 bits per heavy atom. The zero-order chi connectivity index (χ0) is 13.5. The molecule has 0 saturated carbocycles. The molecule has 1 rings (SSSR count). The standard InChI is InChI=1S/C15H25NO2/c1-11(2)12(3)18-10-15(16-4)13-6-8-14(17-5)9-7-13/h6-9,11-12,15-16H,10H2,1-5H3. The normalized spacial score (nSPS) is 14.6. The van der Waals surface area contributed by atoms with Crippen LogP contribution in [0.1, 0.15) is 32.4 Å². The maximum Gasteiger partial charge on any atom is 0.118 e. The van der Waals surface area contributed by atoms with Gasteiger partial charge in [0.2, 0.25) is 0 Å². The van der Waals surface area contributed by atoms with Crippen LogP contribution in [-0.4, -0.2) is 26.9 Å². The molecule has 3 heteroatoms. The Morgan fingerprint density at radius 1 is 1.11 bits per heavy atom. The summed E-state index contributed by atoms with van der Waals surface area (Å²) in [6.07, 6.45) is 0.277. The molecule has 1 N–H and O–H groups in total. The number of nitrogens with one attached hydrogen (secondary N) is 1. The molecule has 0 aliphatic carbocycles. The van der Waals surface area contributed by atoms with E-state index in [1.54, 1.807) is 7.11 Å². The van der Waals surface area contributed by atoms with E-state index in [1.807, 2.05) is 19.2 Å². The van der Waals surface area contributed by atoms with Gasteiger partial charge in [0.15, 0.2) is 0 Å². The Morgan fingerprint density at radius 2 is 1.72 bits per heavy atom. The minimum absolute atomic E-state index is 0.220. The predicted octanol–water partition coefficient (Wildman–Crippen LogP) is 3.02. The maximum absolute atomic E-state index is 5.87. The van der Waals surface area contributed by atoms with E-state index in [9.17, 15) is 0 Å². The van der Waals surface area contributed by atoms with Gasteiger partial charge in [0.1, 0.15) is 5.75 Å². The molecule has 3 nitrogen and oxygen atoms in total. The van der Waals surface area contributed by atoms with Crippen LogP contribution in [0.25, 0.3) is 0 Å². The molecule has 2 unspecified atom stereocenters. The quantitative estimate of drug-likeness (QED) is 0.808. The minimum Gasteiger partial charge on any atom is -0.497 e. The van der Waals surface area contributed by atoms with Crippen LogP contribution in [0.4, 0.5) is 0 Å². The molecular weight excluding hydrogens is 226 g/mol. The lowest BCUT2D eigenvalue weighted by molar-refractivity contribution is 0.0229. The van der Waals surface area contributed by atoms with E-state index in [2.05, 4.69) is 38.2 Å². The third-order valence-electron chi connectivity index (χ3n) is 3.33. The highest BCUT2D eigenvalue weighted by atomic mass is 16.5. The molecule has 0 heterocycles. The highest BCUT2D eigenvalue weighted by Gasteiger charge is 2.13. The van der Waals surface area contributed by atoms with Crippen molar-refractivity contribution >= 4 is 0 Å². The van der Waals surface area contributed by atoms with E-state index in [4.69, 9.17) is 9.47 Å². The maximum atomic E-state index is 5.87.